The summed E-state index contributed by atoms with van der Waals surface area (Å²) < 4.78 is 5.34. The molecule has 0 aliphatic rings. The van der Waals surface area contributed by atoms with Gasteiger partial charge in [0.2, 0.25) is 5.91 Å². The number of amides is 3. The molecular weight excluding hydrogens is 332 g/mol. The Bertz CT molecular complexity index is 554. The van der Waals surface area contributed by atoms with Crippen LogP contribution in [0.5, 0.6) is 5.75 Å². The first-order valence-corrected chi connectivity index (χ1v) is 8.24. The van der Waals surface area contributed by atoms with Crippen molar-refractivity contribution in [2.75, 3.05) is 38.6 Å². The largest absolute Gasteiger partial charge is 0.492 e. The normalized spacial score (nSPS) is 10.5. The molecule has 0 aromatic heterocycles. The third kappa shape index (κ3) is 8.03. The number of halogens is 1. The summed E-state index contributed by atoms with van der Waals surface area (Å²) in [4.78, 5) is 24.4. The van der Waals surface area contributed by atoms with Crippen LogP contribution in [0.1, 0.15) is 19.8 Å². The molecule has 0 atom stereocenters. The van der Waals surface area contributed by atoms with Crippen molar-refractivity contribution in [3.63, 3.8) is 0 Å². The topological polar surface area (TPSA) is 96.7 Å². The van der Waals surface area contributed by atoms with Gasteiger partial charge in [0.25, 0.3) is 0 Å². The second-order valence-corrected chi connectivity index (χ2v) is 5.78. The maximum Gasteiger partial charge on any atom is 0.319 e. The Labute approximate surface area is 147 Å². The minimum Gasteiger partial charge on any atom is -0.492 e. The Morgan fingerprint density at radius 3 is 2.71 bits per heavy atom. The van der Waals surface area contributed by atoms with Crippen LogP contribution in [-0.4, -0.2) is 50.1 Å². The molecule has 0 spiro atoms. The van der Waals surface area contributed by atoms with Crippen molar-refractivity contribution in [1.82, 2.24) is 10.2 Å². The van der Waals surface area contributed by atoms with E-state index in [0.717, 1.165) is 19.4 Å². The number of urea groups is 1. The van der Waals surface area contributed by atoms with Crippen molar-refractivity contribution in [2.45, 2.75) is 19.8 Å². The molecule has 4 N–H and O–H groups in total. The smallest absolute Gasteiger partial charge is 0.319 e. The second kappa shape index (κ2) is 10.7. The number of rotatable bonds is 10. The van der Waals surface area contributed by atoms with E-state index >= 15 is 0 Å². The standard InChI is InChI=1S/C16H25ClN4O3/c1-3-24-14-7-6-12(10-13(14)17)20-16(23)19-8-4-5-9-21(2)11-15(18)22/h6-7,10H,3-5,8-9,11H2,1-2H3,(H2,18,22)(H2,19,20,23). The fourth-order valence-corrected chi connectivity index (χ4v) is 2.32. The summed E-state index contributed by atoms with van der Waals surface area (Å²) in [5.74, 6) is 0.245. The molecule has 0 radical (unpaired) electrons. The average Bonchev–Trinajstić information content (AvgIpc) is 2.49. The van der Waals surface area contributed by atoms with Crippen molar-refractivity contribution < 1.29 is 14.3 Å². The van der Waals surface area contributed by atoms with Gasteiger partial charge in [-0.05, 0) is 51.6 Å². The summed E-state index contributed by atoms with van der Waals surface area (Å²) in [7, 11) is 1.83. The molecule has 3 amide bonds. The van der Waals surface area contributed by atoms with Crippen LogP contribution in [0.25, 0.3) is 0 Å². The van der Waals surface area contributed by atoms with E-state index in [1.165, 1.54) is 0 Å². The van der Waals surface area contributed by atoms with Gasteiger partial charge in [0.05, 0.1) is 18.2 Å². The number of hydrogen-bond acceptors (Lipinski definition) is 4. The molecule has 134 valence electrons. The van der Waals surface area contributed by atoms with Gasteiger partial charge >= 0.3 is 6.03 Å². The Balaban J connectivity index is 2.24. The summed E-state index contributed by atoms with van der Waals surface area (Å²) in [5.41, 5.74) is 5.71. The highest BCUT2D eigenvalue weighted by molar-refractivity contribution is 6.32. The molecule has 24 heavy (non-hydrogen) atoms. The van der Waals surface area contributed by atoms with Gasteiger partial charge in [-0.3, -0.25) is 9.69 Å². The highest BCUT2D eigenvalue weighted by Crippen LogP contribution is 2.27. The van der Waals surface area contributed by atoms with E-state index in [-0.39, 0.29) is 18.5 Å². The number of carbonyl (C=O) groups is 2. The number of ether oxygens (including phenoxy) is 1. The van der Waals surface area contributed by atoms with Crippen LogP contribution in [0.3, 0.4) is 0 Å². The molecule has 0 heterocycles. The quantitative estimate of drug-likeness (QED) is 0.559. The number of anilines is 1. The first-order chi connectivity index (χ1) is 11.4. The van der Waals surface area contributed by atoms with E-state index in [0.29, 0.717) is 29.6 Å². The molecule has 0 unspecified atom stereocenters. The monoisotopic (exact) mass is 356 g/mol. The second-order valence-electron chi connectivity index (χ2n) is 5.37. The SMILES string of the molecule is CCOc1ccc(NC(=O)NCCCCN(C)CC(N)=O)cc1Cl. The van der Waals surface area contributed by atoms with Crippen LogP contribution in [0.2, 0.25) is 5.02 Å². The van der Waals surface area contributed by atoms with Crippen LogP contribution in [0.4, 0.5) is 10.5 Å². The molecule has 8 heteroatoms. The van der Waals surface area contributed by atoms with Gasteiger partial charge in [-0.15, -0.1) is 0 Å². The van der Waals surface area contributed by atoms with Crippen molar-refractivity contribution in [1.29, 1.82) is 0 Å². The highest BCUT2D eigenvalue weighted by Gasteiger charge is 2.06. The summed E-state index contributed by atoms with van der Waals surface area (Å²) in [6, 6.07) is 4.80. The van der Waals surface area contributed by atoms with Gasteiger partial charge in [-0.2, -0.15) is 0 Å². The summed E-state index contributed by atoms with van der Waals surface area (Å²) in [6.45, 7) is 3.94. The lowest BCUT2D eigenvalue weighted by molar-refractivity contribution is -0.118. The van der Waals surface area contributed by atoms with Crippen molar-refractivity contribution in [2.24, 2.45) is 5.73 Å². The van der Waals surface area contributed by atoms with Gasteiger partial charge in [-0.1, -0.05) is 11.6 Å². The van der Waals surface area contributed by atoms with Gasteiger partial charge in [0.15, 0.2) is 0 Å². The summed E-state index contributed by atoms with van der Waals surface area (Å²) in [5, 5.41) is 5.94. The fraction of sp³-hybridized carbons (Fsp3) is 0.500. The third-order valence-corrected chi connectivity index (χ3v) is 3.46. The molecule has 0 aliphatic heterocycles. The van der Waals surface area contributed by atoms with Gasteiger partial charge in [-0.25, -0.2) is 4.79 Å². The van der Waals surface area contributed by atoms with E-state index in [1.807, 2.05) is 18.9 Å². The zero-order valence-corrected chi connectivity index (χ0v) is 14.9. The molecule has 0 bridgehead atoms. The van der Waals surface area contributed by atoms with E-state index < -0.39 is 0 Å². The minimum atomic E-state index is -0.344. The number of nitrogens with one attached hydrogen (secondary N) is 2. The maximum absolute atomic E-state index is 11.8. The lowest BCUT2D eigenvalue weighted by Crippen LogP contribution is -2.32. The first-order valence-electron chi connectivity index (χ1n) is 7.86. The van der Waals surface area contributed by atoms with Gasteiger partial charge in [0, 0.05) is 12.2 Å². The lowest BCUT2D eigenvalue weighted by Gasteiger charge is -2.14. The molecular formula is C16H25ClN4O3. The Morgan fingerprint density at radius 1 is 1.33 bits per heavy atom. The number of nitrogens with zero attached hydrogens (tertiary/aromatic N) is 1. The molecule has 0 fully saturated rings. The lowest BCUT2D eigenvalue weighted by atomic mass is 10.3. The first kappa shape index (κ1) is 20.1. The van der Waals surface area contributed by atoms with Crippen LogP contribution in [0.15, 0.2) is 18.2 Å². The van der Waals surface area contributed by atoms with Crippen molar-refractivity contribution in [3.05, 3.63) is 23.2 Å². The van der Waals surface area contributed by atoms with Crippen molar-refractivity contribution >= 4 is 29.2 Å². The molecule has 1 aromatic rings. The predicted molar refractivity (Wildman–Crippen MR) is 95.6 cm³/mol. The summed E-state index contributed by atoms with van der Waals surface area (Å²) in [6.07, 6.45) is 1.67. The zero-order valence-electron chi connectivity index (χ0n) is 14.1. The Morgan fingerprint density at radius 2 is 2.08 bits per heavy atom. The fourth-order valence-electron chi connectivity index (χ4n) is 2.08. The molecule has 0 saturated carbocycles. The van der Waals surface area contributed by atoms with Gasteiger partial charge in [0.1, 0.15) is 5.75 Å². The third-order valence-electron chi connectivity index (χ3n) is 3.17. The number of benzene rings is 1. The van der Waals surface area contributed by atoms with E-state index in [4.69, 9.17) is 22.1 Å². The predicted octanol–water partition coefficient (Wildman–Crippen LogP) is 2.06. The average molecular weight is 357 g/mol. The van der Waals surface area contributed by atoms with Crippen LogP contribution in [-0.2, 0) is 4.79 Å². The molecule has 0 aliphatic carbocycles. The molecule has 0 saturated heterocycles. The number of nitrogens with two attached hydrogens (primary N) is 1. The number of likely N-dealkylation sites (N-methyl/N-ethyl adjacent to an activating group) is 1. The molecule has 7 nitrogen and oxygen atoms in total. The highest BCUT2D eigenvalue weighted by atomic mass is 35.5. The maximum atomic E-state index is 11.8. The van der Waals surface area contributed by atoms with E-state index in [1.54, 1.807) is 18.2 Å². The van der Waals surface area contributed by atoms with Crippen LogP contribution < -0.4 is 21.1 Å². The molecule has 1 rings (SSSR count). The van der Waals surface area contributed by atoms with Crippen molar-refractivity contribution in [3.8, 4) is 5.75 Å². The number of hydrogen-bond donors (Lipinski definition) is 3. The number of primary amides is 1. The number of carbonyl (C=O) groups excluding carboxylic acids is 2. The van der Waals surface area contributed by atoms with Gasteiger partial charge < -0.3 is 21.1 Å². The van der Waals surface area contributed by atoms with Crippen LogP contribution in [0, 0.1) is 0 Å². The van der Waals surface area contributed by atoms with E-state index in [9.17, 15) is 9.59 Å². The minimum absolute atomic E-state index is 0.242. The Hall–Kier alpha value is -1.99. The van der Waals surface area contributed by atoms with Crippen LogP contribution >= 0.6 is 11.6 Å². The number of unbranched alkanes of at least 4 members (excludes halogenated alkanes) is 1. The Kier molecular flexibility index (Phi) is 8.96. The molecule has 1 aromatic carbocycles. The zero-order chi connectivity index (χ0) is 17.9. The van der Waals surface area contributed by atoms with E-state index in [2.05, 4.69) is 10.6 Å². The summed E-state index contributed by atoms with van der Waals surface area (Å²) >= 11 is 6.07.